The van der Waals surface area contributed by atoms with E-state index in [0.717, 1.165) is 52.0 Å². The van der Waals surface area contributed by atoms with Crippen LogP contribution in [0.5, 0.6) is 0 Å². The molecule has 0 spiro atoms. The Hall–Kier alpha value is -0.260. The first-order chi connectivity index (χ1) is 8.26. The van der Waals surface area contributed by atoms with Crippen LogP contribution in [0.3, 0.4) is 0 Å². The maximum atomic E-state index is 11.9. The molecule has 1 amide bonds. The lowest BCUT2D eigenvalue weighted by Crippen LogP contribution is -2.48. The van der Waals surface area contributed by atoms with Crippen LogP contribution in [0.15, 0.2) is 0 Å². The first-order valence-corrected chi connectivity index (χ1v) is 7.62. The van der Waals surface area contributed by atoms with E-state index in [9.17, 15) is 4.79 Å². The van der Waals surface area contributed by atoms with Crippen molar-refractivity contribution in [3.05, 3.63) is 0 Å². The lowest BCUT2D eigenvalue weighted by molar-refractivity contribution is -0.123. The van der Waals surface area contributed by atoms with Gasteiger partial charge in [-0.1, -0.05) is 0 Å². The molecule has 2 saturated heterocycles. The summed E-state index contributed by atoms with van der Waals surface area (Å²) in [6, 6.07) is 0.0359. The molecule has 0 saturated carbocycles. The van der Waals surface area contributed by atoms with E-state index in [0.29, 0.717) is 0 Å². The van der Waals surface area contributed by atoms with E-state index in [4.69, 9.17) is 4.74 Å². The Bertz CT molecular complexity index is 261. The molecule has 17 heavy (non-hydrogen) atoms. The zero-order valence-electron chi connectivity index (χ0n) is 10.5. The zero-order valence-corrected chi connectivity index (χ0v) is 11.3. The number of nitrogens with one attached hydrogen (secondary N) is 2. The largest absolute Gasteiger partial charge is 0.381 e. The summed E-state index contributed by atoms with van der Waals surface area (Å²) in [7, 11) is 0. The maximum Gasteiger partial charge on any atom is 0.237 e. The van der Waals surface area contributed by atoms with Gasteiger partial charge in [0.25, 0.3) is 0 Å². The van der Waals surface area contributed by atoms with E-state index in [-0.39, 0.29) is 16.7 Å². The molecule has 1 atom stereocenters. The third-order valence-electron chi connectivity index (χ3n) is 3.80. The van der Waals surface area contributed by atoms with E-state index < -0.39 is 0 Å². The fourth-order valence-corrected chi connectivity index (χ4v) is 3.27. The Kier molecular flexibility index (Phi) is 4.70. The van der Waals surface area contributed by atoms with Gasteiger partial charge in [0.2, 0.25) is 5.91 Å². The van der Waals surface area contributed by atoms with Crippen molar-refractivity contribution >= 4 is 17.7 Å². The van der Waals surface area contributed by atoms with Gasteiger partial charge in [-0.3, -0.25) is 4.79 Å². The van der Waals surface area contributed by atoms with Crippen LogP contribution in [-0.2, 0) is 9.53 Å². The number of rotatable bonds is 4. The molecule has 2 N–H and O–H groups in total. The molecule has 2 heterocycles. The number of hydrogen-bond acceptors (Lipinski definition) is 4. The lowest BCUT2D eigenvalue weighted by Gasteiger charge is -2.36. The number of carbonyl (C=O) groups excluding carboxylic acids is 1. The quantitative estimate of drug-likeness (QED) is 0.782. The SMILES string of the molecule is CSC1(CNC(=O)C2CCCN2)CCOCC1. The number of thioether (sulfide) groups is 1. The van der Waals surface area contributed by atoms with Crippen molar-refractivity contribution in [3.8, 4) is 0 Å². The van der Waals surface area contributed by atoms with E-state index in [1.165, 1.54) is 0 Å². The van der Waals surface area contributed by atoms with Crippen molar-refractivity contribution in [2.75, 3.05) is 32.6 Å². The third kappa shape index (κ3) is 3.36. The van der Waals surface area contributed by atoms with E-state index in [2.05, 4.69) is 16.9 Å². The average Bonchev–Trinajstić information content (AvgIpc) is 2.91. The summed E-state index contributed by atoms with van der Waals surface area (Å²) in [5.41, 5.74) is 0. The second-order valence-corrected chi connectivity index (χ2v) is 6.14. The van der Waals surface area contributed by atoms with Gasteiger partial charge in [-0.2, -0.15) is 11.8 Å². The van der Waals surface area contributed by atoms with Crippen molar-refractivity contribution in [1.29, 1.82) is 0 Å². The molecule has 5 heteroatoms. The van der Waals surface area contributed by atoms with Gasteiger partial charge in [-0.25, -0.2) is 0 Å². The summed E-state index contributed by atoms with van der Waals surface area (Å²) in [5.74, 6) is 0.169. The first kappa shape index (κ1) is 13.2. The summed E-state index contributed by atoms with van der Waals surface area (Å²) < 4.78 is 5.58. The van der Waals surface area contributed by atoms with Gasteiger partial charge in [0.15, 0.2) is 0 Å². The van der Waals surface area contributed by atoms with Crippen LogP contribution >= 0.6 is 11.8 Å². The molecule has 0 aromatic rings. The smallest absolute Gasteiger partial charge is 0.237 e. The van der Waals surface area contributed by atoms with Crippen molar-refractivity contribution in [2.24, 2.45) is 0 Å². The minimum atomic E-state index is 0.0359. The van der Waals surface area contributed by atoms with Gasteiger partial charge >= 0.3 is 0 Å². The third-order valence-corrected chi connectivity index (χ3v) is 5.22. The standard InChI is InChI=1S/C12H22N2O2S/c1-17-12(4-7-16-8-5-12)9-14-11(15)10-3-2-6-13-10/h10,13H,2-9H2,1H3,(H,14,15). The van der Waals surface area contributed by atoms with Crippen molar-refractivity contribution in [1.82, 2.24) is 10.6 Å². The minimum Gasteiger partial charge on any atom is -0.381 e. The van der Waals surface area contributed by atoms with Crippen molar-refractivity contribution in [3.63, 3.8) is 0 Å². The molecule has 4 nitrogen and oxygen atoms in total. The van der Waals surface area contributed by atoms with E-state index in [1.807, 2.05) is 11.8 Å². The second-order valence-electron chi connectivity index (χ2n) is 4.87. The number of hydrogen-bond donors (Lipinski definition) is 2. The van der Waals surface area contributed by atoms with Gasteiger partial charge in [0.1, 0.15) is 0 Å². The summed E-state index contributed by atoms with van der Waals surface area (Å²) in [6.07, 6.45) is 6.28. The molecular weight excluding hydrogens is 236 g/mol. The van der Waals surface area contributed by atoms with Gasteiger partial charge in [0.05, 0.1) is 6.04 Å². The van der Waals surface area contributed by atoms with Crippen LogP contribution < -0.4 is 10.6 Å². The summed E-state index contributed by atoms with van der Waals surface area (Å²) in [4.78, 5) is 11.9. The highest BCUT2D eigenvalue weighted by Crippen LogP contribution is 2.33. The zero-order chi connectivity index (χ0) is 12.1. The van der Waals surface area contributed by atoms with Gasteiger partial charge < -0.3 is 15.4 Å². The molecular formula is C12H22N2O2S. The van der Waals surface area contributed by atoms with Crippen molar-refractivity contribution < 1.29 is 9.53 Å². The molecule has 0 aliphatic carbocycles. The summed E-state index contributed by atoms with van der Waals surface area (Å²) >= 11 is 1.86. The summed E-state index contributed by atoms with van der Waals surface area (Å²) in [5, 5.41) is 6.34. The Labute approximate surface area is 107 Å². The molecule has 0 aromatic carbocycles. The summed E-state index contributed by atoms with van der Waals surface area (Å²) in [6.45, 7) is 3.38. The Balaban J connectivity index is 1.80. The second kappa shape index (κ2) is 6.07. The number of amides is 1. The Morgan fingerprint density at radius 2 is 2.29 bits per heavy atom. The van der Waals surface area contributed by atoms with Crippen LogP contribution in [0.1, 0.15) is 25.7 Å². The molecule has 2 aliphatic heterocycles. The van der Waals surface area contributed by atoms with Crippen LogP contribution in [0.4, 0.5) is 0 Å². The minimum absolute atomic E-state index is 0.0359. The van der Waals surface area contributed by atoms with Crippen LogP contribution in [0.2, 0.25) is 0 Å². The average molecular weight is 258 g/mol. The predicted octanol–water partition coefficient (Wildman–Crippen LogP) is 0.767. The van der Waals surface area contributed by atoms with Gasteiger partial charge in [-0.05, 0) is 38.5 Å². The van der Waals surface area contributed by atoms with E-state index >= 15 is 0 Å². The monoisotopic (exact) mass is 258 g/mol. The highest BCUT2D eigenvalue weighted by Gasteiger charge is 2.33. The van der Waals surface area contributed by atoms with E-state index in [1.54, 1.807) is 0 Å². The Morgan fingerprint density at radius 3 is 2.88 bits per heavy atom. The fraction of sp³-hybridized carbons (Fsp3) is 0.917. The van der Waals surface area contributed by atoms with Crippen molar-refractivity contribution in [2.45, 2.75) is 36.5 Å². The molecule has 0 radical (unpaired) electrons. The predicted molar refractivity (Wildman–Crippen MR) is 70.3 cm³/mol. The molecule has 1 unspecified atom stereocenters. The molecule has 98 valence electrons. The Morgan fingerprint density at radius 1 is 1.53 bits per heavy atom. The lowest BCUT2D eigenvalue weighted by atomic mass is 9.99. The first-order valence-electron chi connectivity index (χ1n) is 6.40. The van der Waals surface area contributed by atoms with Crippen LogP contribution in [-0.4, -0.2) is 49.3 Å². The number of carbonyl (C=O) groups is 1. The van der Waals surface area contributed by atoms with Crippen LogP contribution in [0.25, 0.3) is 0 Å². The maximum absolute atomic E-state index is 11.9. The molecule has 0 bridgehead atoms. The van der Waals surface area contributed by atoms with Gasteiger partial charge in [0, 0.05) is 24.5 Å². The highest BCUT2D eigenvalue weighted by molar-refractivity contribution is 8.00. The normalized spacial score (nSPS) is 27.9. The molecule has 2 fully saturated rings. The molecule has 0 aromatic heterocycles. The van der Waals surface area contributed by atoms with Gasteiger partial charge in [-0.15, -0.1) is 0 Å². The topological polar surface area (TPSA) is 50.4 Å². The molecule has 2 aliphatic rings. The number of ether oxygens (including phenoxy) is 1. The van der Waals surface area contributed by atoms with Crippen LogP contribution in [0, 0.1) is 0 Å². The highest BCUT2D eigenvalue weighted by atomic mass is 32.2. The molecule has 2 rings (SSSR count). The fourth-order valence-electron chi connectivity index (χ4n) is 2.48.